The fraction of sp³-hybridized carbons (Fsp3) is 0.0714. The summed E-state index contributed by atoms with van der Waals surface area (Å²) in [7, 11) is 1.50. The molecule has 0 aliphatic heterocycles. The largest absolute Gasteiger partial charge is 0.495 e. The number of nitrogens with one attached hydrogen (secondary N) is 2. The van der Waals surface area contributed by atoms with Gasteiger partial charge in [0.1, 0.15) is 11.6 Å². The van der Waals surface area contributed by atoms with Gasteiger partial charge in [-0.2, -0.15) is 0 Å². The highest BCUT2D eigenvalue weighted by molar-refractivity contribution is 6.00. The summed E-state index contributed by atoms with van der Waals surface area (Å²) in [5, 5.41) is 13.9. The zero-order chi connectivity index (χ0) is 15.2. The lowest BCUT2D eigenvalue weighted by atomic mass is 10.3. The highest BCUT2D eigenvalue weighted by atomic mass is 16.5. The van der Waals surface area contributed by atoms with E-state index in [0.717, 1.165) is 0 Å². The number of methoxy groups -OCH3 is 1. The summed E-state index contributed by atoms with van der Waals surface area (Å²) in [6.07, 6.45) is 0. The van der Waals surface area contributed by atoms with E-state index >= 15 is 0 Å². The third-order valence-electron chi connectivity index (χ3n) is 2.56. The SMILES string of the molecule is COc1ccccc1NC(=O)Nc1cccc(C(=O)O)n1. The first-order valence-electron chi connectivity index (χ1n) is 6.01. The number of carbonyl (C=O) groups excluding carboxylic acids is 1. The van der Waals surface area contributed by atoms with Crippen molar-refractivity contribution in [2.75, 3.05) is 17.7 Å². The summed E-state index contributed by atoms with van der Waals surface area (Å²) in [6, 6.07) is 10.7. The molecule has 7 heteroatoms. The number of carboxylic acid groups (broad SMARTS) is 1. The number of aromatic nitrogens is 1. The van der Waals surface area contributed by atoms with Crippen LogP contribution in [0.25, 0.3) is 0 Å². The highest BCUT2D eigenvalue weighted by Gasteiger charge is 2.09. The van der Waals surface area contributed by atoms with Gasteiger partial charge in [-0.3, -0.25) is 5.32 Å². The van der Waals surface area contributed by atoms with Crippen LogP contribution < -0.4 is 15.4 Å². The zero-order valence-corrected chi connectivity index (χ0v) is 11.2. The summed E-state index contributed by atoms with van der Waals surface area (Å²) < 4.78 is 5.11. The van der Waals surface area contributed by atoms with Crippen molar-refractivity contribution in [3.8, 4) is 5.75 Å². The third kappa shape index (κ3) is 3.69. The van der Waals surface area contributed by atoms with Gasteiger partial charge in [0.25, 0.3) is 0 Å². The maximum absolute atomic E-state index is 11.9. The Hall–Kier alpha value is -3.09. The van der Waals surface area contributed by atoms with Crippen LogP contribution in [-0.2, 0) is 0 Å². The van der Waals surface area contributed by atoms with E-state index in [9.17, 15) is 9.59 Å². The van der Waals surface area contributed by atoms with Gasteiger partial charge in [0.15, 0.2) is 5.69 Å². The number of aromatic carboxylic acids is 1. The van der Waals surface area contributed by atoms with E-state index in [1.807, 2.05) is 0 Å². The lowest BCUT2D eigenvalue weighted by molar-refractivity contribution is 0.0690. The molecule has 0 saturated heterocycles. The number of anilines is 2. The average molecular weight is 287 g/mol. The molecule has 0 fully saturated rings. The fourth-order valence-corrected chi connectivity index (χ4v) is 1.64. The van der Waals surface area contributed by atoms with E-state index in [2.05, 4.69) is 15.6 Å². The number of hydrogen-bond acceptors (Lipinski definition) is 4. The van der Waals surface area contributed by atoms with Gasteiger partial charge in [-0.05, 0) is 24.3 Å². The lowest BCUT2D eigenvalue weighted by Crippen LogP contribution is -2.21. The predicted molar refractivity (Wildman–Crippen MR) is 76.8 cm³/mol. The molecule has 2 rings (SSSR count). The molecule has 0 unspecified atom stereocenters. The standard InChI is InChI=1S/C14H13N3O4/c1-21-11-7-3-2-5-9(11)16-14(20)17-12-8-4-6-10(15-12)13(18)19/h2-8H,1H3,(H,18,19)(H2,15,16,17,20). The second kappa shape index (κ2) is 6.38. The number of hydrogen-bond donors (Lipinski definition) is 3. The number of urea groups is 1. The maximum Gasteiger partial charge on any atom is 0.354 e. The van der Waals surface area contributed by atoms with Gasteiger partial charge in [-0.1, -0.05) is 18.2 Å². The van der Waals surface area contributed by atoms with Gasteiger partial charge in [0.05, 0.1) is 12.8 Å². The number of para-hydroxylation sites is 2. The van der Waals surface area contributed by atoms with Crippen LogP contribution in [0.4, 0.5) is 16.3 Å². The number of amides is 2. The number of pyridine rings is 1. The molecule has 3 N–H and O–H groups in total. The van der Waals surface area contributed by atoms with E-state index in [-0.39, 0.29) is 11.5 Å². The zero-order valence-electron chi connectivity index (χ0n) is 11.2. The quantitative estimate of drug-likeness (QED) is 0.801. The van der Waals surface area contributed by atoms with Crippen molar-refractivity contribution >= 4 is 23.5 Å². The van der Waals surface area contributed by atoms with Crippen LogP contribution in [0.3, 0.4) is 0 Å². The van der Waals surface area contributed by atoms with Gasteiger partial charge >= 0.3 is 12.0 Å². The number of ether oxygens (including phenoxy) is 1. The van der Waals surface area contributed by atoms with Crippen LogP contribution >= 0.6 is 0 Å². The van der Waals surface area contributed by atoms with Gasteiger partial charge < -0.3 is 15.2 Å². The number of benzene rings is 1. The molecule has 0 saturated carbocycles. The van der Waals surface area contributed by atoms with Crippen LogP contribution in [0.2, 0.25) is 0 Å². The van der Waals surface area contributed by atoms with Crippen molar-refractivity contribution in [1.29, 1.82) is 0 Å². The minimum atomic E-state index is -1.16. The Kier molecular flexibility index (Phi) is 4.35. The number of rotatable bonds is 4. The highest BCUT2D eigenvalue weighted by Crippen LogP contribution is 2.23. The summed E-state index contributed by atoms with van der Waals surface area (Å²) in [4.78, 5) is 26.5. The molecule has 7 nitrogen and oxygen atoms in total. The molecule has 0 spiro atoms. The van der Waals surface area contributed by atoms with Crippen LogP contribution in [-0.4, -0.2) is 29.2 Å². The second-order valence-corrected chi connectivity index (χ2v) is 3.99. The van der Waals surface area contributed by atoms with Crippen molar-refractivity contribution < 1.29 is 19.4 Å². The monoisotopic (exact) mass is 287 g/mol. The summed E-state index contributed by atoms with van der Waals surface area (Å²) in [5.41, 5.74) is 0.344. The predicted octanol–water partition coefficient (Wildman–Crippen LogP) is 2.43. The number of nitrogens with zero attached hydrogens (tertiary/aromatic N) is 1. The summed E-state index contributed by atoms with van der Waals surface area (Å²) in [6.45, 7) is 0. The molecule has 2 amide bonds. The van der Waals surface area contributed by atoms with Crippen molar-refractivity contribution in [1.82, 2.24) is 4.98 Å². The van der Waals surface area contributed by atoms with Crippen LogP contribution in [0, 0.1) is 0 Å². The second-order valence-electron chi connectivity index (χ2n) is 3.99. The van der Waals surface area contributed by atoms with E-state index in [4.69, 9.17) is 9.84 Å². The first-order valence-corrected chi connectivity index (χ1v) is 6.01. The van der Waals surface area contributed by atoms with Gasteiger partial charge in [0.2, 0.25) is 0 Å². The molecule has 108 valence electrons. The number of carboxylic acids is 1. The van der Waals surface area contributed by atoms with Crippen molar-refractivity contribution in [2.24, 2.45) is 0 Å². The maximum atomic E-state index is 11.9. The Morgan fingerprint density at radius 3 is 2.57 bits per heavy atom. The van der Waals surface area contributed by atoms with Crippen molar-refractivity contribution in [3.05, 3.63) is 48.2 Å². The first kappa shape index (κ1) is 14.3. The molecular formula is C14H13N3O4. The smallest absolute Gasteiger partial charge is 0.354 e. The van der Waals surface area contributed by atoms with Crippen LogP contribution in [0.15, 0.2) is 42.5 Å². The minimum absolute atomic E-state index is 0.141. The molecule has 0 aliphatic carbocycles. The first-order chi connectivity index (χ1) is 10.1. The molecule has 0 bridgehead atoms. The van der Waals surface area contributed by atoms with E-state index in [1.165, 1.54) is 25.3 Å². The lowest BCUT2D eigenvalue weighted by Gasteiger charge is -2.10. The molecule has 1 aromatic carbocycles. The molecule has 0 radical (unpaired) electrons. The van der Waals surface area contributed by atoms with Gasteiger partial charge in [0, 0.05) is 0 Å². The Bertz CT molecular complexity index is 673. The van der Waals surface area contributed by atoms with Gasteiger partial charge in [-0.15, -0.1) is 0 Å². The summed E-state index contributed by atoms with van der Waals surface area (Å²) in [5.74, 6) is -0.508. The third-order valence-corrected chi connectivity index (χ3v) is 2.56. The molecule has 0 aliphatic rings. The Balaban J connectivity index is 2.08. The molecular weight excluding hydrogens is 274 g/mol. The van der Waals surface area contributed by atoms with Crippen LogP contribution in [0.5, 0.6) is 5.75 Å². The fourth-order valence-electron chi connectivity index (χ4n) is 1.64. The Labute approximate surface area is 120 Å². The summed E-state index contributed by atoms with van der Waals surface area (Å²) >= 11 is 0. The molecule has 2 aromatic rings. The molecule has 1 aromatic heterocycles. The molecule has 21 heavy (non-hydrogen) atoms. The normalized spacial score (nSPS) is 9.76. The molecule has 0 atom stereocenters. The van der Waals surface area contributed by atoms with E-state index < -0.39 is 12.0 Å². The Morgan fingerprint density at radius 1 is 1.10 bits per heavy atom. The molecule has 1 heterocycles. The Morgan fingerprint density at radius 2 is 1.86 bits per heavy atom. The van der Waals surface area contributed by atoms with E-state index in [0.29, 0.717) is 11.4 Å². The number of carbonyl (C=O) groups is 2. The van der Waals surface area contributed by atoms with E-state index in [1.54, 1.807) is 24.3 Å². The van der Waals surface area contributed by atoms with Gasteiger partial charge in [-0.25, -0.2) is 14.6 Å². The topological polar surface area (TPSA) is 101 Å². The van der Waals surface area contributed by atoms with Crippen LogP contribution in [0.1, 0.15) is 10.5 Å². The van der Waals surface area contributed by atoms with Crippen molar-refractivity contribution in [3.63, 3.8) is 0 Å². The van der Waals surface area contributed by atoms with Crippen molar-refractivity contribution in [2.45, 2.75) is 0 Å². The average Bonchev–Trinajstić information content (AvgIpc) is 2.48. The minimum Gasteiger partial charge on any atom is -0.495 e.